The molecule has 0 amide bonds. The van der Waals surface area contributed by atoms with Gasteiger partial charge in [-0.2, -0.15) is 0 Å². The molecule has 140 valence electrons. The second-order valence-electron chi connectivity index (χ2n) is 8.39. The molecule has 0 aliphatic carbocycles. The lowest BCUT2D eigenvalue weighted by Gasteiger charge is -2.45. The maximum Gasteiger partial charge on any atom is 0.195 e. The summed E-state index contributed by atoms with van der Waals surface area (Å²) in [5.41, 5.74) is 0. The van der Waals surface area contributed by atoms with E-state index in [1.54, 1.807) is 6.08 Å². The second kappa shape index (κ2) is 7.10. The fourth-order valence-corrected chi connectivity index (χ4v) is 4.42. The smallest absolute Gasteiger partial charge is 0.195 e. The summed E-state index contributed by atoms with van der Waals surface area (Å²) in [5, 5.41) is -0.246. The van der Waals surface area contributed by atoms with E-state index >= 15 is 0 Å². The zero-order valence-electron chi connectivity index (χ0n) is 15.8. The van der Waals surface area contributed by atoms with E-state index in [0.717, 1.165) is 0 Å². The average molecular weight is 423 g/mol. The highest BCUT2D eigenvalue weighted by Crippen LogP contribution is 2.44. The van der Waals surface area contributed by atoms with Gasteiger partial charge in [-0.1, -0.05) is 42.8 Å². The van der Waals surface area contributed by atoms with Gasteiger partial charge in [-0.25, -0.2) is 0 Å². The largest absolute Gasteiger partial charge is 0.390 e. The van der Waals surface area contributed by atoms with Crippen molar-refractivity contribution in [3.63, 3.8) is 0 Å². The van der Waals surface area contributed by atoms with Gasteiger partial charge in [-0.05, 0) is 32.0 Å². The normalized spacial score (nSPS) is 36.4. The molecule has 5 nitrogen and oxygen atoms in total. The maximum atomic E-state index is 6.48. The van der Waals surface area contributed by atoms with Crippen LogP contribution < -0.4 is 0 Å². The van der Waals surface area contributed by atoms with Crippen molar-refractivity contribution in [1.82, 2.24) is 0 Å². The first-order chi connectivity index (χ1) is 10.9. The maximum absolute atomic E-state index is 6.48. The van der Waals surface area contributed by atoms with Gasteiger partial charge in [0.1, 0.15) is 23.3 Å². The van der Waals surface area contributed by atoms with Gasteiger partial charge < -0.3 is 23.4 Å². The molecular formula is C17H31BrO5Si. The fourth-order valence-electron chi connectivity index (χ4n) is 2.63. The molecule has 0 aromatic carbocycles. The predicted octanol–water partition coefficient (Wildman–Crippen LogP) is 4.18. The molecule has 0 bridgehead atoms. The van der Waals surface area contributed by atoms with Crippen LogP contribution in [0.1, 0.15) is 34.6 Å². The summed E-state index contributed by atoms with van der Waals surface area (Å²) < 4.78 is 30.6. The lowest BCUT2D eigenvalue weighted by atomic mass is 10.1. The molecule has 24 heavy (non-hydrogen) atoms. The Balaban J connectivity index is 2.21. The van der Waals surface area contributed by atoms with Gasteiger partial charge in [0.2, 0.25) is 0 Å². The van der Waals surface area contributed by atoms with Crippen molar-refractivity contribution in [2.24, 2.45) is 0 Å². The molecule has 2 rings (SSSR count). The highest BCUT2D eigenvalue weighted by molar-refractivity contribution is 9.09. The molecule has 2 heterocycles. The Morgan fingerprint density at radius 1 is 1.21 bits per heavy atom. The summed E-state index contributed by atoms with van der Waals surface area (Å²) in [7, 11) is -2.01. The van der Waals surface area contributed by atoms with Gasteiger partial charge in [-0.15, -0.1) is 6.58 Å². The zero-order valence-corrected chi connectivity index (χ0v) is 18.4. The predicted molar refractivity (Wildman–Crippen MR) is 99.6 cm³/mol. The van der Waals surface area contributed by atoms with Crippen molar-refractivity contribution in [2.45, 2.75) is 88.2 Å². The van der Waals surface area contributed by atoms with E-state index in [1.165, 1.54) is 0 Å². The highest BCUT2D eigenvalue weighted by atomic mass is 79.9. The summed E-state index contributed by atoms with van der Waals surface area (Å²) >= 11 is 3.58. The third-order valence-electron chi connectivity index (χ3n) is 4.90. The van der Waals surface area contributed by atoms with Gasteiger partial charge in [0.25, 0.3) is 0 Å². The molecule has 0 N–H and O–H groups in total. The Kier molecular flexibility index (Phi) is 6.08. The topological polar surface area (TPSA) is 46.2 Å². The Labute approximate surface area is 155 Å². The van der Waals surface area contributed by atoms with Gasteiger partial charge in [-0.3, -0.25) is 0 Å². The first-order valence-corrected chi connectivity index (χ1v) is 12.3. The number of hydrogen-bond acceptors (Lipinski definition) is 5. The Bertz CT molecular complexity index is 462. The summed E-state index contributed by atoms with van der Waals surface area (Å²) in [6.45, 7) is 19.0. The Hall–Kier alpha value is 0.237. The Morgan fingerprint density at radius 3 is 2.33 bits per heavy atom. The minimum absolute atomic E-state index is 0.0822. The van der Waals surface area contributed by atoms with Crippen LogP contribution in [0.5, 0.6) is 0 Å². The van der Waals surface area contributed by atoms with E-state index in [0.29, 0.717) is 6.61 Å². The summed E-state index contributed by atoms with van der Waals surface area (Å²) in [6, 6.07) is 0. The van der Waals surface area contributed by atoms with Crippen molar-refractivity contribution < 1.29 is 23.4 Å². The molecule has 2 saturated heterocycles. The quantitative estimate of drug-likeness (QED) is 0.377. The van der Waals surface area contributed by atoms with Gasteiger partial charge in [0.15, 0.2) is 20.4 Å². The summed E-state index contributed by atoms with van der Waals surface area (Å²) in [4.78, 5) is 0. The van der Waals surface area contributed by atoms with E-state index in [-0.39, 0.29) is 28.4 Å². The van der Waals surface area contributed by atoms with E-state index in [2.05, 4.69) is 56.4 Å². The van der Waals surface area contributed by atoms with E-state index < -0.39 is 20.4 Å². The highest BCUT2D eigenvalue weighted by Gasteiger charge is 2.57. The minimum Gasteiger partial charge on any atom is -0.390 e. The molecule has 5 atom stereocenters. The summed E-state index contributed by atoms with van der Waals surface area (Å²) in [5.74, 6) is -0.694. The van der Waals surface area contributed by atoms with Crippen LogP contribution in [0, 0.1) is 0 Å². The van der Waals surface area contributed by atoms with Gasteiger partial charge >= 0.3 is 0 Å². The third kappa shape index (κ3) is 4.31. The Morgan fingerprint density at radius 2 is 1.79 bits per heavy atom. The molecular weight excluding hydrogens is 392 g/mol. The number of hydrogen-bond donors (Lipinski definition) is 0. The zero-order chi connectivity index (χ0) is 18.3. The molecule has 0 aromatic rings. The molecule has 0 spiro atoms. The number of alkyl halides is 1. The van der Waals surface area contributed by atoms with Crippen LogP contribution >= 0.6 is 15.9 Å². The van der Waals surface area contributed by atoms with Crippen molar-refractivity contribution in [3.05, 3.63) is 12.7 Å². The van der Waals surface area contributed by atoms with Crippen molar-refractivity contribution in [3.8, 4) is 0 Å². The first kappa shape index (κ1) is 20.5. The molecule has 2 fully saturated rings. The van der Waals surface area contributed by atoms with Crippen LogP contribution in [0.4, 0.5) is 0 Å². The van der Waals surface area contributed by atoms with Crippen LogP contribution in [0.3, 0.4) is 0 Å². The van der Waals surface area contributed by atoms with Crippen LogP contribution in [-0.4, -0.2) is 50.3 Å². The average Bonchev–Trinajstić information content (AvgIpc) is 2.72. The standard InChI is InChI=1S/C17H31BrO5Si/c1-9-10-19-12-11-13(22-17(5,6)21-11)15(20-14(12)18)23-24(7,8)16(2,3)4/h9,11-15H,1,10H2,2-8H3/t11-,12-,13-,14-,15-/m1/s1. The van der Waals surface area contributed by atoms with Crippen LogP contribution in [-0.2, 0) is 23.4 Å². The minimum atomic E-state index is -2.01. The first-order valence-electron chi connectivity index (χ1n) is 8.43. The summed E-state index contributed by atoms with van der Waals surface area (Å²) in [6.07, 6.45) is 0.374. The monoisotopic (exact) mass is 422 g/mol. The van der Waals surface area contributed by atoms with Gasteiger partial charge in [0, 0.05) is 0 Å². The van der Waals surface area contributed by atoms with E-state index in [4.69, 9.17) is 23.4 Å². The number of halogens is 1. The van der Waals surface area contributed by atoms with Gasteiger partial charge in [0.05, 0.1) is 6.61 Å². The number of rotatable bonds is 5. The van der Waals surface area contributed by atoms with Crippen molar-refractivity contribution in [1.29, 1.82) is 0 Å². The molecule has 0 unspecified atom stereocenters. The second-order valence-corrected chi connectivity index (χ2v) is 14.0. The lowest BCUT2D eigenvalue weighted by molar-refractivity contribution is -0.233. The van der Waals surface area contributed by atoms with E-state index in [1.807, 2.05) is 13.8 Å². The number of fused-ring (bicyclic) bond motifs is 1. The van der Waals surface area contributed by atoms with Crippen LogP contribution in [0.2, 0.25) is 18.1 Å². The molecule has 2 aliphatic heterocycles. The molecule has 7 heteroatoms. The third-order valence-corrected chi connectivity index (χ3v) is 10.1. The van der Waals surface area contributed by atoms with Crippen LogP contribution in [0.15, 0.2) is 12.7 Å². The van der Waals surface area contributed by atoms with Crippen molar-refractivity contribution in [2.75, 3.05) is 6.61 Å². The molecule has 2 aliphatic rings. The molecule has 0 radical (unpaired) electrons. The fraction of sp³-hybridized carbons (Fsp3) is 0.882. The van der Waals surface area contributed by atoms with Crippen molar-refractivity contribution >= 4 is 24.2 Å². The SMILES string of the molecule is C=CCO[C@@H]1[C@H]2OC(C)(C)O[C@H]2[C@@H](O[Si](C)(C)C(C)(C)C)O[C@H]1Br. The lowest BCUT2D eigenvalue weighted by Crippen LogP contribution is -2.59. The van der Waals surface area contributed by atoms with E-state index in [9.17, 15) is 0 Å². The number of ether oxygens (including phenoxy) is 4. The molecule has 0 aromatic heterocycles. The van der Waals surface area contributed by atoms with Crippen LogP contribution in [0.25, 0.3) is 0 Å². The molecule has 0 saturated carbocycles.